The first-order valence-corrected chi connectivity index (χ1v) is 15.9. The highest BCUT2D eigenvalue weighted by molar-refractivity contribution is 9.10. The first kappa shape index (κ1) is 31.3. The number of hydrogen-bond donors (Lipinski definition) is 2. The molecule has 0 bridgehead atoms. The highest BCUT2D eigenvalue weighted by Crippen LogP contribution is 2.46. The number of rotatable bonds is 9. The molecule has 11 heteroatoms. The van der Waals surface area contributed by atoms with E-state index >= 15 is 0 Å². The summed E-state index contributed by atoms with van der Waals surface area (Å²) in [5, 5.41) is 13.2. The maximum Gasteiger partial charge on any atom is 0.326 e. The maximum absolute atomic E-state index is 14.5. The van der Waals surface area contributed by atoms with Crippen LogP contribution in [-0.4, -0.2) is 35.7 Å². The number of halogens is 3. The van der Waals surface area contributed by atoms with Gasteiger partial charge < -0.3 is 10.4 Å². The Balaban J connectivity index is 1.93. The summed E-state index contributed by atoms with van der Waals surface area (Å²) in [4.78, 5) is 25.8. The topological polar surface area (TPSA) is 104 Å². The Bertz CT molecular complexity index is 1580. The number of carboxylic acid groups (broad SMARTS) is 1. The van der Waals surface area contributed by atoms with Gasteiger partial charge in [0.05, 0.1) is 17.0 Å². The average molecular weight is 680 g/mol. The molecule has 3 atom stereocenters. The monoisotopic (exact) mass is 678 g/mol. The van der Waals surface area contributed by atoms with Gasteiger partial charge in [0.1, 0.15) is 6.04 Å². The number of sulfonamides is 1. The van der Waals surface area contributed by atoms with Gasteiger partial charge >= 0.3 is 5.97 Å². The first-order chi connectivity index (χ1) is 19.4. The van der Waals surface area contributed by atoms with Crippen molar-refractivity contribution < 1.29 is 23.1 Å². The van der Waals surface area contributed by atoms with Crippen LogP contribution in [0, 0.1) is 5.92 Å². The molecule has 1 heterocycles. The minimum atomic E-state index is -4.24. The summed E-state index contributed by atoms with van der Waals surface area (Å²) in [7, 11) is -4.24. The first-order valence-electron chi connectivity index (χ1n) is 12.9. The number of nitrogens with zero attached hydrogens (tertiary/aromatic N) is 1. The summed E-state index contributed by atoms with van der Waals surface area (Å²) >= 11 is 16.0. The van der Waals surface area contributed by atoms with Gasteiger partial charge in [0.15, 0.2) is 0 Å². The average Bonchev–Trinajstić information content (AvgIpc) is 2.91. The molecule has 7 nitrogen and oxygen atoms in total. The normalized spacial score (nSPS) is 18.5. The number of hydrogen-bond acceptors (Lipinski definition) is 4. The molecule has 1 aliphatic rings. The Kier molecular flexibility index (Phi) is 9.97. The third-order valence-corrected chi connectivity index (χ3v) is 9.66. The number of carbonyl (C=O) groups is 2. The molecule has 0 spiro atoms. The van der Waals surface area contributed by atoms with Crippen molar-refractivity contribution in [3.63, 3.8) is 0 Å². The van der Waals surface area contributed by atoms with Crippen molar-refractivity contribution in [3.8, 4) is 0 Å². The van der Waals surface area contributed by atoms with Crippen LogP contribution in [0.2, 0.25) is 10.0 Å². The zero-order valence-electron chi connectivity index (χ0n) is 22.3. The smallest absolute Gasteiger partial charge is 0.326 e. The van der Waals surface area contributed by atoms with E-state index in [0.29, 0.717) is 25.6 Å². The van der Waals surface area contributed by atoms with Crippen LogP contribution >= 0.6 is 39.1 Å². The predicted octanol–water partition coefficient (Wildman–Crippen LogP) is 7.17. The molecule has 4 rings (SSSR count). The van der Waals surface area contributed by atoms with Crippen LogP contribution < -0.4 is 5.32 Å². The summed E-state index contributed by atoms with van der Waals surface area (Å²) < 4.78 is 31.0. The van der Waals surface area contributed by atoms with Gasteiger partial charge in [0, 0.05) is 20.1 Å². The zero-order valence-corrected chi connectivity index (χ0v) is 26.2. The van der Waals surface area contributed by atoms with Gasteiger partial charge in [-0.05, 0) is 78.4 Å². The molecule has 3 aromatic carbocycles. The van der Waals surface area contributed by atoms with Crippen molar-refractivity contribution in [2.24, 2.45) is 5.92 Å². The molecule has 0 aromatic heterocycles. The molecule has 216 valence electrons. The Labute approximate surface area is 258 Å². The van der Waals surface area contributed by atoms with Crippen molar-refractivity contribution in [3.05, 3.63) is 110 Å². The Morgan fingerprint density at radius 2 is 1.59 bits per heavy atom. The van der Waals surface area contributed by atoms with Crippen LogP contribution in [0.1, 0.15) is 49.9 Å². The van der Waals surface area contributed by atoms with Crippen molar-refractivity contribution in [2.45, 2.75) is 49.7 Å². The summed E-state index contributed by atoms with van der Waals surface area (Å²) in [5.41, 5.74) is 1.22. The summed E-state index contributed by atoms with van der Waals surface area (Å²) in [5.74, 6) is -1.83. The molecule has 1 aliphatic heterocycles. The number of amides is 1. The molecular formula is C30H29BrCl2N2O5S. The maximum atomic E-state index is 14.5. The SMILES string of the molecule is CC(C)C[C@H](NC(=O)C1=CC[C@@H](c2cccc(Cl)c2)N(S(=O)(=O)c2ccc(Br)cc2)[C@H]1c1cccc(Cl)c1)C(=O)O. The number of carbonyl (C=O) groups excluding carboxylic acids is 1. The van der Waals surface area contributed by atoms with E-state index in [9.17, 15) is 23.1 Å². The molecule has 2 N–H and O–H groups in total. The van der Waals surface area contributed by atoms with E-state index < -0.39 is 40.0 Å². The molecule has 0 unspecified atom stereocenters. The molecule has 0 saturated carbocycles. The van der Waals surface area contributed by atoms with E-state index in [0.717, 1.165) is 0 Å². The van der Waals surface area contributed by atoms with Crippen LogP contribution in [0.5, 0.6) is 0 Å². The van der Waals surface area contributed by atoms with Crippen molar-refractivity contribution in [1.82, 2.24) is 9.62 Å². The van der Waals surface area contributed by atoms with Gasteiger partial charge in [-0.25, -0.2) is 13.2 Å². The fourth-order valence-corrected chi connectivity index (χ4v) is 7.40. The lowest BCUT2D eigenvalue weighted by atomic mass is 9.88. The molecule has 3 aromatic rings. The lowest BCUT2D eigenvalue weighted by molar-refractivity contribution is -0.141. The van der Waals surface area contributed by atoms with Crippen LogP contribution in [0.4, 0.5) is 0 Å². The third-order valence-electron chi connectivity index (χ3n) is 6.78. The fraction of sp³-hybridized carbons (Fsp3) is 0.267. The standard InChI is InChI=1S/C30H29BrCl2N2O5S/c1-18(2)15-26(30(37)38)34-29(36)25-13-14-27(19-5-3-7-22(32)16-19)35(28(25)20-6-4-8-23(33)17-20)41(39,40)24-11-9-21(31)10-12-24/h3-13,16-18,26-28H,14-15H2,1-2H3,(H,34,36)(H,37,38)/t26-,27-,28-/m0/s1. The van der Waals surface area contributed by atoms with E-state index in [2.05, 4.69) is 21.2 Å². The lowest BCUT2D eigenvalue weighted by Crippen LogP contribution is -2.47. The number of nitrogens with one attached hydrogen (secondary N) is 1. The second-order valence-electron chi connectivity index (χ2n) is 10.2. The van der Waals surface area contributed by atoms with E-state index in [-0.39, 0.29) is 29.2 Å². The number of benzene rings is 3. The van der Waals surface area contributed by atoms with Crippen molar-refractivity contribution in [2.75, 3.05) is 0 Å². The van der Waals surface area contributed by atoms with Gasteiger partial charge in [-0.1, -0.05) is 83.3 Å². The number of carboxylic acids is 1. The number of aliphatic carboxylic acids is 1. The van der Waals surface area contributed by atoms with Crippen molar-refractivity contribution in [1.29, 1.82) is 0 Å². The van der Waals surface area contributed by atoms with Gasteiger partial charge in [0.25, 0.3) is 0 Å². The van der Waals surface area contributed by atoms with Gasteiger partial charge in [-0.3, -0.25) is 4.79 Å². The zero-order chi connectivity index (χ0) is 29.9. The van der Waals surface area contributed by atoms with E-state index in [1.807, 2.05) is 13.8 Å². The summed E-state index contributed by atoms with van der Waals surface area (Å²) in [6, 6.07) is 16.8. The van der Waals surface area contributed by atoms with E-state index in [1.54, 1.807) is 66.7 Å². The molecule has 0 radical (unpaired) electrons. The largest absolute Gasteiger partial charge is 0.480 e. The molecule has 0 saturated heterocycles. The van der Waals surface area contributed by atoms with Crippen LogP contribution in [-0.2, 0) is 19.6 Å². The Morgan fingerprint density at radius 3 is 2.15 bits per heavy atom. The Hall–Kier alpha value is -2.69. The quantitative estimate of drug-likeness (QED) is 0.250. The molecule has 1 amide bonds. The molecule has 41 heavy (non-hydrogen) atoms. The molecule has 0 aliphatic carbocycles. The van der Waals surface area contributed by atoms with Gasteiger partial charge in [0.2, 0.25) is 15.9 Å². The van der Waals surface area contributed by atoms with Gasteiger partial charge in [-0.2, -0.15) is 4.31 Å². The lowest BCUT2D eigenvalue weighted by Gasteiger charge is -2.41. The highest BCUT2D eigenvalue weighted by atomic mass is 79.9. The Morgan fingerprint density at radius 1 is 1.00 bits per heavy atom. The van der Waals surface area contributed by atoms with Crippen LogP contribution in [0.15, 0.2) is 93.8 Å². The summed E-state index contributed by atoms with van der Waals surface area (Å²) in [6.07, 6.45) is 2.04. The van der Waals surface area contributed by atoms with Crippen LogP contribution in [0.25, 0.3) is 0 Å². The van der Waals surface area contributed by atoms with Crippen LogP contribution in [0.3, 0.4) is 0 Å². The third kappa shape index (κ3) is 7.21. The van der Waals surface area contributed by atoms with Crippen molar-refractivity contribution >= 4 is 61.0 Å². The second kappa shape index (κ2) is 13.1. The molecule has 0 fully saturated rings. The fourth-order valence-electron chi connectivity index (χ4n) is 4.96. The molecular weight excluding hydrogens is 651 g/mol. The van der Waals surface area contributed by atoms with E-state index in [1.165, 1.54) is 16.4 Å². The highest BCUT2D eigenvalue weighted by Gasteiger charge is 2.45. The van der Waals surface area contributed by atoms with E-state index in [4.69, 9.17) is 23.2 Å². The minimum Gasteiger partial charge on any atom is -0.480 e. The minimum absolute atomic E-state index is 0.00181. The van der Waals surface area contributed by atoms with Gasteiger partial charge in [-0.15, -0.1) is 0 Å². The summed E-state index contributed by atoms with van der Waals surface area (Å²) in [6.45, 7) is 3.72. The second-order valence-corrected chi connectivity index (χ2v) is 13.8. The predicted molar refractivity (Wildman–Crippen MR) is 163 cm³/mol.